The van der Waals surface area contributed by atoms with Crippen molar-refractivity contribution in [3.8, 4) is 0 Å². The van der Waals surface area contributed by atoms with Crippen molar-refractivity contribution >= 4 is 22.6 Å². The SMILES string of the molecule is CCCCC1(CCCC)CN(c2c(F)cc3c(=O)c(C(=O)O)cn4c3c2CCC4C)CC[C@@H]1O. The summed E-state index contributed by atoms with van der Waals surface area (Å²) < 4.78 is 17.6. The lowest BCUT2D eigenvalue weighted by Crippen LogP contribution is -2.52. The Balaban J connectivity index is 1.87. The molecule has 0 aliphatic carbocycles. The van der Waals surface area contributed by atoms with E-state index < -0.39 is 23.3 Å². The number of piperidine rings is 1. The average molecular weight is 473 g/mol. The zero-order valence-electron chi connectivity index (χ0n) is 20.6. The highest BCUT2D eigenvalue weighted by Crippen LogP contribution is 2.45. The van der Waals surface area contributed by atoms with Crippen LogP contribution in [0.2, 0.25) is 0 Å². The van der Waals surface area contributed by atoms with Gasteiger partial charge in [0.2, 0.25) is 5.43 Å². The van der Waals surface area contributed by atoms with E-state index in [0.29, 0.717) is 37.1 Å². The highest BCUT2D eigenvalue weighted by molar-refractivity contribution is 5.95. The first-order valence-electron chi connectivity index (χ1n) is 12.8. The molecular formula is C27H37FN2O4. The zero-order chi connectivity index (χ0) is 24.6. The molecule has 0 radical (unpaired) electrons. The van der Waals surface area contributed by atoms with E-state index in [4.69, 9.17) is 0 Å². The molecule has 6 nitrogen and oxygen atoms in total. The van der Waals surface area contributed by atoms with Gasteiger partial charge in [-0.15, -0.1) is 0 Å². The van der Waals surface area contributed by atoms with Gasteiger partial charge in [0.05, 0.1) is 17.3 Å². The molecular weight excluding hydrogens is 435 g/mol. The van der Waals surface area contributed by atoms with E-state index in [0.717, 1.165) is 50.5 Å². The number of halogens is 1. The Bertz CT molecular complexity index is 1130. The third-order valence-electron chi connectivity index (χ3n) is 8.11. The number of anilines is 1. The van der Waals surface area contributed by atoms with Crippen LogP contribution < -0.4 is 10.3 Å². The van der Waals surface area contributed by atoms with Crippen molar-refractivity contribution < 1.29 is 19.4 Å². The summed E-state index contributed by atoms with van der Waals surface area (Å²) in [4.78, 5) is 26.7. The first-order valence-corrected chi connectivity index (χ1v) is 12.8. The quantitative estimate of drug-likeness (QED) is 0.546. The van der Waals surface area contributed by atoms with Crippen LogP contribution in [-0.4, -0.2) is 39.9 Å². The summed E-state index contributed by atoms with van der Waals surface area (Å²) >= 11 is 0. The number of rotatable bonds is 8. The number of carboxylic acid groups (broad SMARTS) is 1. The fraction of sp³-hybridized carbons (Fsp3) is 0.630. The third-order valence-corrected chi connectivity index (χ3v) is 8.11. The highest BCUT2D eigenvalue weighted by Gasteiger charge is 2.43. The van der Waals surface area contributed by atoms with Crippen LogP contribution in [0.3, 0.4) is 0 Å². The monoisotopic (exact) mass is 472 g/mol. The largest absolute Gasteiger partial charge is 0.477 e. The van der Waals surface area contributed by atoms with Gasteiger partial charge in [-0.25, -0.2) is 9.18 Å². The second kappa shape index (κ2) is 9.68. The molecule has 186 valence electrons. The maximum atomic E-state index is 15.8. The Kier molecular flexibility index (Phi) is 7.04. The summed E-state index contributed by atoms with van der Waals surface area (Å²) in [5.74, 6) is -1.76. The normalized spacial score (nSPS) is 21.7. The zero-order valence-corrected chi connectivity index (χ0v) is 20.6. The summed E-state index contributed by atoms with van der Waals surface area (Å²) in [5, 5.41) is 20.8. The Hall–Kier alpha value is -2.41. The lowest BCUT2D eigenvalue weighted by Gasteiger charge is -2.48. The molecule has 4 rings (SSSR count). The molecule has 2 atom stereocenters. The van der Waals surface area contributed by atoms with Crippen LogP contribution in [-0.2, 0) is 6.42 Å². The fourth-order valence-corrected chi connectivity index (χ4v) is 6.14. The molecule has 7 heteroatoms. The van der Waals surface area contributed by atoms with Gasteiger partial charge in [0, 0.05) is 41.7 Å². The first-order chi connectivity index (χ1) is 16.2. The predicted octanol–water partition coefficient (Wildman–Crippen LogP) is 5.28. The van der Waals surface area contributed by atoms with Gasteiger partial charge in [0.15, 0.2) is 0 Å². The minimum Gasteiger partial charge on any atom is -0.477 e. The Morgan fingerprint density at radius 3 is 2.50 bits per heavy atom. The Labute approximate surface area is 200 Å². The minimum absolute atomic E-state index is 0.0170. The number of carbonyl (C=O) groups is 1. The molecule has 0 amide bonds. The molecule has 1 aromatic carbocycles. The molecule has 1 aromatic heterocycles. The molecule has 1 fully saturated rings. The maximum Gasteiger partial charge on any atom is 0.341 e. The van der Waals surface area contributed by atoms with E-state index in [1.165, 1.54) is 12.3 Å². The number of carboxylic acids is 1. The van der Waals surface area contributed by atoms with Crippen molar-refractivity contribution in [2.24, 2.45) is 5.41 Å². The van der Waals surface area contributed by atoms with Crippen LogP contribution in [0.15, 0.2) is 17.1 Å². The van der Waals surface area contributed by atoms with E-state index >= 15 is 4.39 Å². The molecule has 0 bridgehead atoms. The van der Waals surface area contributed by atoms with Crippen molar-refractivity contribution in [3.05, 3.63) is 39.4 Å². The summed E-state index contributed by atoms with van der Waals surface area (Å²) in [6.07, 6.45) is 8.95. The number of pyridine rings is 1. The Morgan fingerprint density at radius 2 is 1.88 bits per heavy atom. The number of hydrogen-bond acceptors (Lipinski definition) is 4. The van der Waals surface area contributed by atoms with Gasteiger partial charge < -0.3 is 19.7 Å². The van der Waals surface area contributed by atoms with Crippen LogP contribution in [0, 0.1) is 11.2 Å². The molecule has 2 N–H and O–H groups in total. The number of aromatic nitrogens is 1. The van der Waals surface area contributed by atoms with Gasteiger partial charge in [-0.05, 0) is 45.1 Å². The molecule has 1 unspecified atom stereocenters. The third kappa shape index (κ3) is 4.12. The molecule has 1 saturated heterocycles. The van der Waals surface area contributed by atoms with Gasteiger partial charge in [-0.1, -0.05) is 39.5 Å². The minimum atomic E-state index is -1.29. The smallest absolute Gasteiger partial charge is 0.341 e. The number of benzene rings is 1. The molecule has 0 saturated carbocycles. The lowest BCUT2D eigenvalue weighted by molar-refractivity contribution is -0.00696. The second-order valence-corrected chi connectivity index (χ2v) is 10.3. The Morgan fingerprint density at radius 1 is 1.21 bits per heavy atom. The van der Waals surface area contributed by atoms with Gasteiger partial charge in [-0.2, -0.15) is 0 Å². The van der Waals surface area contributed by atoms with E-state index in [-0.39, 0.29) is 22.4 Å². The first kappa shape index (κ1) is 24.7. The summed E-state index contributed by atoms with van der Waals surface area (Å²) in [6, 6.07) is 1.26. The van der Waals surface area contributed by atoms with Crippen molar-refractivity contribution in [3.63, 3.8) is 0 Å². The van der Waals surface area contributed by atoms with Crippen LogP contribution in [0.4, 0.5) is 10.1 Å². The molecule has 3 heterocycles. The van der Waals surface area contributed by atoms with Crippen LogP contribution in [0.25, 0.3) is 10.9 Å². The maximum absolute atomic E-state index is 15.8. The number of unbranched alkanes of at least 4 members (excludes halogenated alkanes) is 2. The standard InChI is InChI=1S/C27H37FN2O4/c1-4-6-11-27(12-7-5-2)16-29(13-10-22(27)31)24-18-9-8-17(3)30-15-20(26(33)34)25(32)19(23(18)30)14-21(24)28/h14-15,17,22,31H,4-13,16H2,1-3H3,(H,33,34)/t17?,22-/m0/s1. The van der Waals surface area contributed by atoms with Gasteiger partial charge in [0.1, 0.15) is 11.4 Å². The molecule has 0 spiro atoms. The van der Waals surface area contributed by atoms with Crippen molar-refractivity contribution in [2.75, 3.05) is 18.0 Å². The van der Waals surface area contributed by atoms with E-state index in [9.17, 15) is 19.8 Å². The van der Waals surface area contributed by atoms with Gasteiger partial charge in [0.25, 0.3) is 0 Å². The molecule has 2 aromatic rings. The van der Waals surface area contributed by atoms with Crippen molar-refractivity contribution in [1.82, 2.24) is 4.57 Å². The summed E-state index contributed by atoms with van der Waals surface area (Å²) in [6.45, 7) is 7.46. The average Bonchev–Trinajstić information content (AvgIpc) is 2.81. The highest BCUT2D eigenvalue weighted by atomic mass is 19.1. The number of aromatic carboxylic acids is 1. The number of hydrogen-bond donors (Lipinski definition) is 2. The fourth-order valence-electron chi connectivity index (χ4n) is 6.14. The van der Waals surface area contributed by atoms with Crippen LogP contribution in [0.5, 0.6) is 0 Å². The summed E-state index contributed by atoms with van der Waals surface area (Å²) in [7, 11) is 0. The van der Waals surface area contributed by atoms with Crippen molar-refractivity contribution in [1.29, 1.82) is 0 Å². The van der Waals surface area contributed by atoms with Crippen LogP contribution >= 0.6 is 0 Å². The number of aliphatic hydroxyl groups is 1. The summed E-state index contributed by atoms with van der Waals surface area (Å²) in [5.41, 5.74) is 0.752. The van der Waals surface area contributed by atoms with E-state index in [2.05, 4.69) is 18.7 Å². The molecule has 2 aliphatic heterocycles. The lowest BCUT2D eigenvalue weighted by atomic mass is 9.70. The van der Waals surface area contributed by atoms with Gasteiger partial charge >= 0.3 is 5.97 Å². The molecule has 2 aliphatic rings. The van der Waals surface area contributed by atoms with Crippen LogP contribution in [0.1, 0.15) is 94.1 Å². The topological polar surface area (TPSA) is 82.8 Å². The number of aryl methyl sites for hydroxylation is 1. The van der Waals surface area contributed by atoms with Gasteiger partial charge in [-0.3, -0.25) is 4.79 Å². The second-order valence-electron chi connectivity index (χ2n) is 10.3. The number of aliphatic hydroxyl groups excluding tert-OH is 1. The molecule has 34 heavy (non-hydrogen) atoms. The van der Waals surface area contributed by atoms with E-state index in [1.807, 2.05) is 11.5 Å². The van der Waals surface area contributed by atoms with Crippen molar-refractivity contribution in [2.45, 2.75) is 90.7 Å². The van der Waals surface area contributed by atoms with E-state index in [1.54, 1.807) is 0 Å². The predicted molar refractivity (Wildman–Crippen MR) is 132 cm³/mol. The number of nitrogens with zero attached hydrogens (tertiary/aromatic N) is 2.